The maximum Gasteiger partial charge on any atom is 0.124 e. The summed E-state index contributed by atoms with van der Waals surface area (Å²) in [5, 5.41) is 4.61. The van der Waals surface area contributed by atoms with Gasteiger partial charge in [-0.2, -0.15) is 0 Å². The Morgan fingerprint density at radius 3 is 2.57 bits per heavy atom. The molecule has 0 amide bonds. The lowest BCUT2D eigenvalue weighted by Gasteiger charge is -2.22. The van der Waals surface area contributed by atoms with E-state index in [4.69, 9.17) is 27.9 Å². The number of nitrogens with one attached hydrogen (secondary N) is 1. The van der Waals surface area contributed by atoms with E-state index in [9.17, 15) is 0 Å². The maximum absolute atomic E-state index is 6.34. The third kappa shape index (κ3) is 3.92. The van der Waals surface area contributed by atoms with Gasteiger partial charge in [0.1, 0.15) is 5.75 Å². The molecule has 1 atom stereocenters. The predicted molar refractivity (Wildman–Crippen MR) is 92.7 cm³/mol. The van der Waals surface area contributed by atoms with Crippen molar-refractivity contribution >= 4 is 39.1 Å². The van der Waals surface area contributed by atoms with Gasteiger partial charge in [-0.1, -0.05) is 39.1 Å². The van der Waals surface area contributed by atoms with E-state index >= 15 is 0 Å². The quantitative estimate of drug-likeness (QED) is 0.733. The molecule has 1 N–H and O–H groups in total. The van der Waals surface area contributed by atoms with Gasteiger partial charge in [0.2, 0.25) is 0 Å². The Balaban J connectivity index is 2.55. The topological polar surface area (TPSA) is 21.3 Å². The second-order valence-electron chi connectivity index (χ2n) is 4.50. The van der Waals surface area contributed by atoms with Gasteiger partial charge in [0.05, 0.1) is 12.6 Å². The molecule has 1 unspecified atom stereocenters. The highest BCUT2D eigenvalue weighted by atomic mass is 79.9. The van der Waals surface area contributed by atoms with Crippen molar-refractivity contribution in [2.45, 2.75) is 13.0 Å². The molecule has 21 heavy (non-hydrogen) atoms. The molecule has 5 heteroatoms. The van der Waals surface area contributed by atoms with Gasteiger partial charge in [0, 0.05) is 20.1 Å². The highest BCUT2D eigenvalue weighted by Crippen LogP contribution is 2.36. The van der Waals surface area contributed by atoms with Crippen LogP contribution in [0.5, 0.6) is 5.75 Å². The number of halogens is 3. The first-order chi connectivity index (χ1) is 10.1. The lowest BCUT2D eigenvalue weighted by molar-refractivity contribution is 0.334. The van der Waals surface area contributed by atoms with Crippen molar-refractivity contribution in [2.75, 3.05) is 13.7 Å². The summed E-state index contributed by atoms with van der Waals surface area (Å²) in [4.78, 5) is 0. The molecule has 2 aromatic carbocycles. The highest BCUT2D eigenvalue weighted by Gasteiger charge is 2.20. The van der Waals surface area contributed by atoms with Crippen molar-refractivity contribution in [3.05, 3.63) is 62.0 Å². The van der Waals surface area contributed by atoms with Crippen molar-refractivity contribution in [1.82, 2.24) is 5.32 Å². The van der Waals surface area contributed by atoms with E-state index in [0.29, 0.717) is 16.7 Å². The minimum atomic E-state index is -0.102. The first-order valence-electron chi connectivity index (χ1n) is 6.61. The average Bonchev–Trinajstić information content (AvgIpc) is 2.46. The van der Waals surface area contributed by atoms with Gasteiger partial charge in [-0.05, 0) is 55.9 Å². The zero-order valence-corrected chi connectivity index (χ0v) is 14.9. The molecule has 112 valence electrons. The molecule has 0 saturated heterocycles. The van der Waals surface area contributed by atoms with E-state index in [-0.39, 0.29) is 6.04 Å². The predicted octanol–water partition coefficient (Wildman–Crippen LogP) is 5.46. The third-order valence-electron chi connectivity index (χ3n) is 3.14. The zero-order chi connectivity index (χ0) is 15.4. The minimum absolute atomic E-state index is 0.102. The zero-order valence-electron chi connectivity index (χ0n) is 11.8. The van der Waals surface area contributed by atoms with Crippen LogP contribution in [0.3, 0.4) is 0 Å². The molecule has 0 bridgehead atoms. The SMILES string of the molecule is CCOc1ccc(Br)cc1C(NC)c1cc(Cl)ccc1Cl. The van der Waals surface area contributed by atoms with Crippen molar-refractivity contribution in [1.29, 1.82) is 0 Å². The maximum atomic E-state index is 6.34. The van der Waals surface area contributed by atoms with Crippen LogP contribution in [0.15, 0.2) is 40.9 Å². The summed E-state index contributed by atoms with van der Waals surface area (Å²) in [7, 11) is 1.89. The molecule has 0 aliphatic heterocycles. The molecule has 2 nitrogen and oxygen atoms in total. The molecule has 0 aliphatic rings. The fourth-order valence-corrected chi connectivity index (χ4v) is 3.03. The highest BCUT2D eigenvalue weighted by molar-refractivity contribution is 9.10. The van der Waals surface area contributed by atoms with Crippen molar-refractivity contribution in [2.24, 2.45) is 0 Å². The molecule has 2 aromatic rings. The molecule has 0 heterocycles. The summed E-state index contributed by atoms with van der Waals surface area (Å²) < 4.78 is 6.72. The molecular weight excluding hydrogens is 373 g/mol. The largest absolute Gasteiger partial charge is 0.494 e. The van der Waals surface area contributed by atoms with Gasteiger partial charge >= 0.3 is 0 Å². The van der Waals surface area contributed by atoms with Crippen LogP contribution in [-0.4, -0.2) is 13.7 Å². The Morgan fingerprint density at radius 1 is 1.14 bits per heavy atom. The number of hydrogen-bond donors (Lipinski definition) is 1. The number of hydrogen-bond acceptors (Lipinski definition) is 2. The third-order valence-corrected chi connectivity index (χ3v) is 4.21. The normalized spacial score (nSPS) is 12.2. The van der Waals surface area contributed by atoms with Gasteiger partial charge in [0.15, 0.2) is 0 Å². The number of benzene rings is 2. The van der Waals surface area contributed by atoms with Crippen LogP contribution in [0.2, 0.25) is 10.0 Å². The van der Waals surface area contributed by atoms with Crippen LogP contribution in [0, 0.1) is 0 Å². The molecule has 0 saturated carbocycles. The summed E-state index contributed by atoms with van der Waals surface area (Å²) in [6.45, 7) is 2.57. The standard InChI is InChI=1S/C16H16BrCl2NO/c1-3-21-15-7-4-10(17)8-13(15)16(20-2)12-9-11(18)5-6-14(12)19/h4-9,16,20H,3H2,1-2H3. The average molecular weight is 389 g/mol. The fraction of sp³-hybridized carbons (Fsp3) is 0.250. The van der Waals surface area contributed by atoms with Crippen LogP contribution >= 0.6 is 39.1 Å². The molecule has 0 aliphatic carbocycles. The molecule has 0 fully saturated rings. The van der Waals surface area contributed by atoms with Crippen LogP contribution < -0.4 is 10.1 Å². The molecule has 0 radical (unpaired) electrons. The Kier molecular flexibility index (Phi) is 5.94. The van der Waals surface area contributed by atoms with Crippen LogP contribution in [0.25, 0.3) is 0 Å². The molecule has 0 aromatic heterocycles. The summed E-state index contributed by atoms with van der Waals surface area (Å²) in [6.07, 6.45) is 0. The summed E-state index contributed by atoms with van der Waals surface area (Å²) in [6, 6.07) is 11.3. The van der Waals surface area contributed by atoms with Crippen molar-refractivity contribution in [3.63, 3.8) is 0 Å². The smallest absolute Gasteiger partial charge is 0.124 e. The lowest BCUT2D eigenvalue weighted by atomic mass is 9.98. The summed E-state index contributed by atoms with van der Waals surface area (Å²) in [5.74, 6) is 0.830. The van der Waals surface area contributed by atoms with E-state index in [1.807, 2.05) is 44.3 Å². The molecule has 0 spiro atoms. The van der Waals surface area contributed by atoms with Gasteiger partial charge in [0.25, 0.3) is 0 Å². The molecule has 2 rings (SSSR count). The van der Waals surface area contributed by atoms with Gasteiger partial charge in [-0.15, -0.1) is 0 Å². The summed E-state index contributed by atoms with van der Waals surface area (Å²) >= 11 is 16.0. The van der Waals surface area contributed by atoms with E-state index in [2.05, 4.69) is 21.2 Å². The van der Waals surface area contributed by atoms with Crippen LogP contribution in [-0.2, 0) is 0 Å². The second-order valence-corrected chi connectivity index (χ2v) is 6.26. The van der Waals surface area contributed by atoms with E-state index in [1.165, 1.54) is 0 Å². The minimum Gasteiger partial charge on any atom is -0.494 e. The number of ether oxygens (including phenoxy) is 1. The van der Waals surface area contributed by atoms with Gasteiger partial charge in [-0.25, -0.2) is 0 Å². The Hall–Kier alpha value is -0.740. The Morgan fingerprint density at radius 2 is 1.90 bits per heavy atom. The monoisotopic (exact) mass is 387 g/mol. The Labute approximate surface area is 143 Å². The molecular formula is C16H16BrCl2NO. The first kappa shape index (κ1) is 16.6. The van der Waals surface area contributed by atoms with Crippen molar-refractivity contribution in [3.8, 4) is 5.75 Å². The van der Waals surface area contributed by atoms with Gasteiger partial charge in [-0.3, -0.25) is 0 Å². The fourth-order valence-electron chi connectivity index (χ4n) is 2.25. The van der Waals surface area contributed by atoms with E-state index in [1.54, 1.807) is 6.07 Å². The van der Waals surface area contributed by atoms with Gasteiger partial charge < -0.3 is 10.1 Å². The van der Waals surface area contributed by atoms with E-state index < -0.39 is 0 Å². The van der Waals surface area contributed by atoms with Crippen LogP contribution in [0.1, 0.15) is 24.1 Å². The second kappa shape index (κ2) is 7.50. The van der Waals surface area contributed by atoms with Crippen LogP contribution in [0.4, 0.5) is 0 Å². The first-order valence-corrected chi connectivity index (χ1v) is 8.16. The lowest BCUT2D eigenvalue weighted by Crippen LogP contribution is -2.19. The Bertz CT molecular complexity index is 634. The van der Waals surface area contributed by atoms with E-state index in [0.717, 1.165) is 21.3 Å². The van der Waals surface area contributed by atoms with Crippen molar-refractivity contribution < 1.29 is 4.74 Å². The number of rotatable bonds is 5. The summed E-state index contributed by atoms with van der Waals surface area (Å²) in [5.41, 5.74) is 1.93.